The van der Waals surface area contributed by atoms with Gasteiger partial charge in [-0.05, 0) is 19.9 Å². The number of aromatic nitrogens is 2. The highest BCUT2D eigenvalue weighted by Gasteiger charge is 2.18. The van der Waals surface area contributed by atoms with Crippen molar-refractivity contribution in [1.82, 2.24) is 9.13 Å². The summed E-state index contributed by atoms with van der Waals surface area (Å²) in [5.41, 5.74) is 1.56. The summed E-state index contributed by atoms with van der Waals surface area (Å²) < 4.78 is 3.25. The maximum absolute atomic E-state index is 11.7. The van der Waals surface area contributed by atoms with Crippen LogP contribution in [0, 0.1) is 0 Å². The second-order valence-corrected chi connectivity index (χ2v) is 4.42. The first-order valence-corrected chi connectivity index (χ1v) is 4.92. The van der Waals surface area contributed by atoms with Crippen molar-refractivity contribution in [3.8, 4) is 0 Å². The molecule has 1 aromatic rings. The van der Waals surface area contributed by atoms with Gasteiger partial charge in [-0.2, -0.15) is 0 Å². The second-order valence-electron chi connectivity index (χ2n) is 4.42. The molecular weight excluding hydrogens is 190 g/mol. The van der Waals surface area contributed by atoms with Gasteiger partial charge in [-0.15, -0.1) is 0 Å². The van der Waals surface area contributed by atoms with E-state index in [1.54, 1.807) is 29.4 Å². The molecule has 15 heavy (non-hydrogen) atoms. The molecule has 2 rings (SSSR count). The second kappa shape index (κ2) is 2.95. The van der Waals surface area contributed by atoms with Crippen molar-refractivity contribution in [2.75, 3.05) is 0 Å². The number of fused-ring (bicyclic) bond motifs is 1. The Hall–Kier alpha value is -1.58. The van der Waals surface area contributed by atoms with Crippen LogP contribution in [-0.2, 0) is 14.1 Å². The van der Waals surface area contributed by atoms with Crippen LogP contribution in [0.3, 0.4) is 0 Å². The Morgan fingerprint density at radius 1 is 1.20 bits per heavy atom. The summed E-state index contributed by atoms with van der Waals surface area (Å²) >= 11 is 0. The molecule has 4 nitrogen and oxygen atoms in total. The fourth-order valence-corrected chi connectivity index (χ4v) is 1.68. The molecule has 0 unspecified atom stereocenters. The van der Waals surface area contributed by atoms with Crippen LogP contribution in [0.25, 0.3) is 6.08 Å². The summed E-state index contributed by atoms with van der Waals surface area (Å²) in [5, 5.41) is 0. The van der Waals surface area contributed by atoms with E-state index in [4.69, 9.17) is 0 Å². The van der Waals surface area contributed by atoms with Crippen LogP contribution < -0.4 is 5.69 Å². The van der Waals surface area contributed by atoms with Gasteiger partial charge in [0.2, 0.25) is 0 Å². The first-order chi connectivity index (χ1) is 6.92. The van der Waals surface area contributed by atoms with Gasteiger partial charge in [0, 0.05) is 20.3 Å². The van der Waals surface area contributed by atoms with Crippen LogP contribution >= 0.6 is 0 Å². The number of rotatable bonds is 0. The lowest BCUT2D eigenvalue weighted by Gasteiger charge is -2.11. The third-order valence-electron chi connectivity index (χ3n) is 2.73. The minimum Gasteiger partial charge on any atom is -0.295 e. The molecule has 4 heteroatoms. The van der Waals surface area contributed by atoms with Crippen LogP contribution in [0.2, 0.25) is 0 Å². The number of nitrogens with zero attached hydrogens (tertiary/aromatic N) is 3. The number of hydrogen-bond acceptors (Lipinski definition) is 2. The Kier molecular flexibility index (Phi) is 1.96. The smallest absolute Gasteiger partial charge is 0.295 e. The summed E-state index contributed by atoms with van der Waals surface area (Å²) in [6.45, 7) is 4.06. The molecule has 0 atom stereocenters. The summed E-state index contributed by atoms with van der Waals surface area (Å²) in [6, 6.07) is 0. The highest BCUT2D eigenvalue weighted by Crippen LogP contribution is 2.18. The monoisotopic (exact) mass is 205 g/mol. The lowest BCUT2D eigenvalue weighted by Crippen LogP contribution is -2.21. The van der Waals surface area contributed by atoms with Crippen LogP contribution in [0.15, 0.2) is 15.9 Å². The zero-order valence-electron chi connectivity index (χ0n) is 9.48. The zero-order valence-corrected chi connectivity index (χ0v) is 9.48. The van der Waals surface area contributed by atoms with E-state index in [9.17, 15) is 4.79 Å². The van der Waals surface area contributed by atoms with Gasteiger partial charge in [-0.3, -0.25) is 14.1 Å². The SMILES string of the molecule is Cn1c2c(n(C)c1=O)C=NC(C)(C)C=C2. The van der Waals surface area contributed by atoms with Crippen molar-refractivity contribution in [3.63, 3.8) is 0 Å². The molecule has 0 saturated heterocycles. The molecule has 0 spiro atoms. The molecule has 0 bridgehead atoms. The van der Waals surface area contributed by atoms with Gasteiger partial charge in [-0.25, -0.2) is 4.79 Å². The molecule has 0 amide bonds. The summed E-state index contributed by atoms with van der Waals surface area (Å²) in [7, 11) is 3.54. The molecule has 0 aromatic carbocycles. The average Bonchev–Trinajstić information content (AvgIpc) is 2.34. The fourth-order valence-electron chi connectivity index (χ4n) is 1.68. The third kappa shape index (κ3) is 1.46. The van der Waals surface area contributed by atoms with Gasteiger partial charge in [-0.1, -0.05) is 6.08 Å². The molecule has 0 aliphatic carbocycles. The fraction of sp³-hybridized carbons (Fsp3) is 0.455. The quantitative estimate of drug-likeness (QED) is 0.621. The molecule has 0 saturated carbocycles. The van der Waals surface area contributed by atoms with Gasteiger partial charge in [0.15, 0.2) is 0 Å². The molecule has 0 fully saturated rings. The zero-order chi connectivity index (χ0) is 11.2. The summed E-state index contributed by atoms with van der Waals surface area (Å²) in [5.74, 6) is 0. The van der Waals surface area contributed by atoms with Crippen molar-refractivity contribution in [2.45, 2.75) is 19.4 Å². The summed E-state index contributed by atoms with van der Waals surface area (Å²) in [6.07, 6.45) is 5.75. The van der Waals surface area contributed by atoms with Gasteiger partial charge in [0.1, 0.15) is 0 Å². The molecule has 80 valence electrons. The molecule has 1 aromatic heterocycles. The Morgan fingerprint density at radius 2 is 1.80 bits per heavy atom. The van der Waals surface area contributed by atoms with Gasteiger partial charge >= 0.3 is 5.69 Å². The Bertz CT molecular complexity index is 472. The van der Waals surface area contributed by atoms with Gasteiger partial charge < -0.3 is 0 Å². The van der Waals surface area contributed by atoms with Crippen molar-refractivity contribution in [1.29, 1.82) is 0 Å². The summed E-state index contributed by atoms with van der Waals surface area (Å²) in [4.78, 5) is 16.1. The lowest BCUT2D eigenvalue weighted by atomic mass is 10.1. The first kappa shape index (κ1) is 9.96. The van der Waals surface area contributed by atoms with E-state index in [0.717, 1.165) is 11.4 Å². The minimum absolute atomic E-state index is 0.0178. The van der Waals surface area contributed by atoms with Crippen LogP contribution in [0.4, 0.5) is 0 Å². The highest BCUT2D eigenvalue weighted by molar-refractivity contribution is 5.84. The Labute approximate surface area is 88.6 Å². The maximum atomic E-state index is 11.7. The van der Waals surface area contributed by atoms with Crippen LogP contribution in [-0.4, -0.2) is 20.9 Å². The van der Waals surface area contributed by atoms with Crippen molar-refractivity contribution in [3.05, 3.63) is 27.9 Å². The molecule has 1 aliphatic rings. The van der Waals surface area contributed by atoms with Crippen LogP contribution in [0.5, 0.6) is 0 Å². The average molecular weight is 205 g/mol. The minimum atomic E-state index is -0.199. The predicted molar refractivity (Wildman–Crippen MR) is 61.4 cm³/mol. The molecular formula is C11H15N3O. The number of aliphatic imine (C=N–C) groups is 1. The topological polar surface area (TPSA) is 39.3 Å². The van der Waals surface area contributed by atoms with E-state index in [0.29, 0.717) is 0 Å². The highest BCUT2D eigenvalue weighted by atomic mass is 16.1. The van der Waals surface area contributed by atoms with Crippen molar-refractivity contribution < 1.29 is 0 Å². The van der Waals surface area contributed by atoms with Gasteiger partial charge in [0.05, 0.1) is 16.9 Å². The molecule has 0 radical (unpaired) electrons. The van der Waals surface area contributed by atoms with E-state index in [1.165, 1.54) is 0 Å². The van der Waals surface area contributed by atoms with E-state index in [2.05, 4.69) is 4.99 Å². The van der Waals surface area contributed by atoms with Crippen LogP contribution in [0.1, 0.15) is 25.2 Å². The number of imidazole rings is 1. The van der Waals surface area contributed by atoms with E-state index in [-0.39, 0.29) is 11.2 Å². The predicted octanol–water partition coefficient (Wildman–Crippen LogP) is 0.948. The normalized spacial score (nSPS) is 17.6. The van der Waals surface area contributed by atoms with E-state index < -0.39 is 0 Å². The Balaban J connectivity index is 2.72. The molecule has 2 heterocycles. The first-order valence-electron chi connectivity index (χ1n) is 4.92. The lowest BCUT2D eigenvalue weighted by molar-refractivity contribution is 0.663. The Morgan fingerprint density at radius 3 is 2.47 bits per heavy atom. The van der Waals surface area contributed by atoms with Crippen molar-refractivity contribution in [2.24, 2.45) is 19.1 Å². The van der Waals surface area contributed by atoms with Crippen molar-refractivity contribution >= 4 is 12.3 Å². The molecule has 1 aliphatic heterocycles. The maximum Gasteiger partial charge on any atom is 0.328 e. The van der Waals surface area contributed by atoms with Gasteiger partial charge in [0.25, 0.3) is 0 Å². The van der Waals surface area contributed by atoms with E-state index >= 15 is 0 Å². The third-order valence-corrected chi connectivity index (χ3v) is 2.73. The standard InChI is InChI=1S/C11H15N3O/c1-11(2)6-5-8-9(7-12-11)14(4)10(15)13(8)3/h5-7H,1-4H3. The number of hydrogen-bond donors (Lipinski definition) is 0. The molecule has 0 N–H and O–H groups in total. The largest absolute Gasteiger partial charge is 0.328 e. The van der Waals surface area contributed by atoms with E-state index in [1.807, 2.05) is 26.0 Å².